The van der Waals surface area contributed by atoms with Crippen molar-refractivity contribution in [1.29, 1.82) is 0 Å². The van der Waals surface area contributed by atoms with E-state index in [2.05, 4.69) is 23.7 Å². The molecule has 4 nitrogen and oxygen atoms in total. The predicted molar refractivity (Wildman–Crippen MR) is 79.1 cm³/mol. The van der Waals surface area contributed by atoms with Crippen LogP contribution in [0.5, 0.6) is 0 Å². The lowest BCUT2D eigenvalue weighted by Crippen LogP contribution is -2.43. The quantitative estimate of drug-likeness (QED) is 0.834. The topological polar surface area (TPSA) is 59.2 Å². The van der Waals surface area contributed by atoms with Gasteiger partial charge in [0.15, 0.2) is 0 Å². The Morgan fingerprint density at radius 1 is 1.50 bits per heavy atom. The van der Waals surface area contributed by atoms with Gasteiger partial charge < -0.3 is 10.6 Å². The van der Waals surface area contributed by atoms with Gasteiger partial charge in [-0.25, -0.2) is 4.98 Å². The number of rotatable bonds is 2. The Hall–Kier alpha value is -1.86. The van der Waals surface area contributed by atoms with Gasteiger partial charge in [0.05, 0.1) is 6.54 Å². The molecule has 2 rings (SSSR count). The molecule has 106 valence electrons. The number of aromatic nitrogens is 1. The van der Waals surface area contributed by atoms with Gasteiger partial charge in [0.2, 0.25) is 0 Å². The molecule has 0 bridgehead atoms. The molecule has 2 heterocycles. The van der Waals surface area contributed by atoms with Crippen molar-refractivity contribution in [2.24, 2.45) is 5.73 Å². The summed E-state index contributed by atoms with van der Waals surface area (Å²) in [7, 11) is 0. The summed E-state index contributed by atoms with van der Waals surface area (Å²) in [5, 5.41) is 0. The van der Waals surface area contributed by atoms with Crippen molar-refractivity contribution in [2.45, 2.75) is 38.6 Å². The van der Waals surface area contributed by atoms with Gasteiger partial charge in [0.25, 0.3) is 5.91 Å². The highest BCUT2D eigenvalue weighted by molar-refractivity contribution is 5.92. The third kappa shape index (κ3) is 3.37. The van der Waals surface area contributed by atoms with Crippen LogP contribution in [0.2, 0.25) is 0 Å². The van der Waals surface area contributed by atoms with Crippen molar-refractivity contribution < 1.29 is 4.79 Å². The number of hydrogen-bond donors (Lipinski definition) is 1. The van der Waals surface area contributed by atoms with E-state index in [-0.39, 0.29) is 5.91 Å². The summed E-state index contributed by atoms with van der Waals surface area (Å²) in [5.41, 5.74) is 6.62. The molecule has 1 aliphatic heterocycles. The second kappa shape index (κ2) is 7.06. The predicted octanol–water partition coefficient (Wildman–Crippen LogP) is 1.80. The number of nitrogens with two attached hydrogens (primary N) is 1. The van der Waals surface area contributed by atoms with Gasteiger partial charge in [-0.15, -0.1) is 0 Å². The van der Waals surface area contributed by atoms with Gasteiger partial charge in [-0.3, -0.25) is 4.79 Å². The fourth-order valence-electron chi connectivity index (χ4n) is 2.59. The number of carbonyl (C=O) groups is 1. The molecule has 0 radical (unpaired) electrons. The monoisotopic (exact) mass is 271 g/mol. The van der Waals surface area contributed by atoms with Crippen LogP contribution < -0.4 is 5.73 Å². The van der Waals surface area contributed by atoms with Crippen LogP contribution >= 0.6 is 0 Å². The van der Waals surface area contributed by atoms with E-state index >= 15 is 0 Å². The molecule has 0 spiro atoms. The Balaban J connectivity index is 2.12. The van der Waals surface area contributed by atoms with Crippen molar-refractivity contribution in [3.63, 3.8) is 0 Å². The summed E-state index contributed by atoms with van der Waals surface area (Å²) in [4.78, 5) is 18.7. The zero-order chi connectivity index (χ0) is 14.4. The van der Waals surface area contributed by atoms with Gasteiger partial charge in [-0.2, -0.15) is 0 Å². The number of likely N-dealkylation sites (tertiary alicyclic amines) is 1. The standard InChI is InChI=1S/C16H21N3O/c1-2-14-7-3-4-11-19(14)16(20)15-9-8-13(12-18-15)6-5-10-17/h8-9,12,14H,2-4,7,10-11,17H2,1H3. The van der Waals surface area contributed by atoms with E-state index in [1.807, 2.05) is 11.0 Å². The lowest BCUT2D eigenvalue weighted by Gasteiger charge is -2.35. The number of nitrogens with zero attached hydrogens (tertiary/aromatic N) is 2. The lowest BCUT2D eigenvalue weighted by molar-refractivity contribution is 0.0602. The Kier molecular flexibility index (Phi) is 5.14. The van der Waals surface area contributed by atoms with Crippen molar-refractivity contribution in [1.82, 2.24) is 9.88 Å². The molecule has 0 aromatic carbocycles. The van der Waals surface area contributed by atoms with Crippen LogP contribution in [0.4, 0.5) is 0 Å². The summed E-state index contributed by atoms with van der Waals surface area (Å²) in [6.07, 6.45) is 6.04. The normalized spacial score (nSPS) is 18.3. The summed E-state index contributed by atoms with van der Waals surface area (Å²) < 4.78 is 0. The molecule has 1 amide bonds. The lowest BCUT2D eigenvalue weighted by atomic mass is 9.99. The third-order valence-corrected chi connectivity index (χ3v) is 3.68. The van der Waals surface area contributed by atoms with Gasteiger partial charge >= 0.3 is 0 Å². The smallest absolute Gasteiger partial charge is 0.272 e. The molecule has 1 aliphatic rings. The first-order valence-corrected chi connectivity index (χ1v) is 7.22. The second-order valence-electron chi connectivity index (χ2n) is 4.99. The molecule has 1 aromatic rings. The summed E-state index contributed by atoms with van der Waals surface area (Å²) in [6.45, 7) is 3.30. The van der Waals surface area contributed by atoms with Crippen molar-refractivity contribution in [3.8, 4) is 11.8 Å². The molecule has 1 saturated heterocycles. The second-order valence-corrected chi connectivity index (χ2v) is 4.99. The minimum atomic E-state index is 0.0369. The van der Waals surface area contributed by atoms with E-state index in [1.165, 1.54) is 6.42 Å². The molecular weight excluding hydrogens is 250 g/mol. The van der Waals surface area contributed by atoms with Crippen LogP contribution in [-0.4, -0.2) is 34.9 Å². The minimum absolute atomic E-state index is 0.0369. The molecule has 20 heavy (non-hydrogen) atoms. The van der Waals surface area contributed by atoms with E-state index < -0.39 is 0 Å². The largest absolute Gasteiger partial charge is 0.334 e. The number of amides is 1. The van der Waals surface area contributed by atoms with Crippen molar-refractivity contribution in [2.75, 3.05) is 13.1 Å². The SMILES string of the molecule is CCC1CCCCN1C(=O)c1ccc(C#CCN)cn1. The average molecular weight is 271 g/mol. The van der Waals surface area contributed by atoms with E-state index in [1.54, 1.807) is 12.3 Å². The number of hydrogen-bond acceptors (Lipinski definition) is 3. The Bertz CT molecular complexity index is 513. The molecule has 1 fully saturated rings. The van der Waals surface area contributed by atoms with Gasteiger partial charge in [-0.05, 0) is 37.8 Å². The fourth-order valence-corrected chi connectivity index (χ4v) is 2.59. The molecule has 4 heteroatoms. The first-order valence-electron chi connectivity index (χ1n) is 7.22. The van der Waals surface area contributed by atoms with E-state index in [0.717, 1.165) is 31.4 Å². The fraction of sp³-hybridized carbons (Fsp3) is 0.500. The van der Waals surface area contributed by atoms with Crippen LogP contribution in [-0.2, 0) is 0 Å². The van der Waals surface area contributed by atoms with Gasteiger partial charge in [-0.1, -0.05) is 18.8 Å². The van der Waals surface area contributed by atoms with E-state index in [9.17, 15) is 4.79 Å². The Labute approximate surface area is 120 Å². The maximum Gasteiger partial charge on any atom is 0.272 e. The molecule has 2 N–H and O–H groups in total. The number of carbonyl (C=O) groups excluding carboxylic acids is 1. The zero-order valence-electron chi connectivity index (χ0n) is 11.9. The van der Waals surface area contributed by atoms with Crippen LogP contribution in [0.25, 0.3) is 0 Å². The highest BCUT2D eigenvalue weighted by atomic mass is 16.2. The van der Waals surface area contributed by atoms with Gasteiger partial charge in [0, 0.05) is 24.3 Å². The third-order valence-electron chi connectivity index (χ3n) is 3.68. The first kappa shape index (κ1) is 14.5. The molecule has 1 unspecified atom stereocenters. The number of piperidine rings is 1. The van der Waals surface area contributed by atoms with Crippen LogP contribution in [0.15, 0.2) is 18.3 Å². The Morgan fingerprint density at radius 2 is 2.35 bits per heavy atom. The summed E-state index contributed by atoms with van der Waals surface area (Å²) in [6, 6.07) is 3.94. The molecule has 0 saturated carbocycles. The first-order chi connectivity index (χ1) is 9.76. The van der Waals surface area contributed by atoms with Crippen LogP contribution in [0.3, 0.4) is 0 Å². The highest BCUT2D eigenvalue weighted by Gasteiger charge is 2.26. The summed E-state index contributed by atoms with van der Waals surface area (Å²) in [5.74, 6) is 5.72. The minimum Gasteiger partial charge on any atom is -0.334 e. The highest BCUT2D eigenvalue weighted by Crippen LogP contribution is 2.21. The summed E-state index contributed by atoms with van der Waals surface area (Å²) >= 11 is 0. The van der Waals surface area contributed by atoms with Crippen LogP contribution in [0, 0.1) is 11.8 Å². The van der Waals surface area contributed by atoms with Crippen molar-refractivity contribution >= 4 is 5.91 Å². The molecular formula is C16H21N3O. The zero-order valence-corrected chi connectivity index (χ0v) is 11.9. The van der Waals surface area contributed by atoms with E-state index in [4.69, 9.17) is 5.73 Å². The maximum atomic E-state index is 12.5. The van der Waals surface area contributed by atoms with Crippen molar-refractivity contribution in [3.05, 3.63) is 29.6 Å². The maximum absolute atomic E-state index is 12.5. The molecule has 0 aliphatic carbocycles. The average Bonchev–Trinajstić information content (AvgIpc) is 2.52. The number of pyridine rings is 1. The van der Waals surface area contributed by atoms with E-state index in [0.29, 0.717) is 18.3 Å². The van der Waals surface area contributed by atoms with Crippen LogP contribution in [0.1, 0.15) is 48.7 Å². The van der Waals surface area contributed by atoms with Gasteiger partial charge in [0.1, 0.15) is 5.69 Å². The Morgan fingerprint density at radius 3 is 3.00 bits per heavy atom. The molecule has 1 aromatic heterocycles. The molecule has 1 atom stereocenters.